The minimum Gasteiger partial charge on any atom is -0.480 e. The number of carboxylic acids is 1. The van der Waals surface area contributed by atoms with Gasteiger partial charge in [-0.15, -0.1) is 0 Å². The van der Waals surface area contributed by atoms with Crippen LogP contribution in [0.3, 0.4) is 0 Å². The molecule has 2 rings (SSSR count). The van der Waals surface area contributed by atoms with E-state index in [2.05, 4.69) is 10.3 Å². The molecule has 17 heavy (non-hydrogen) atoms. The number of anilines is 1. The van der Waals surface area contributed by atoms with Gasteiger partial charge in [0.25, 0.3) is 0 Å². The lowest BCUT2D eigenvalue weighted by atomic mass is 10.1. The number of aliphatic carboxylic acids is 1. The summed E-state index contributed by atoms with van der Waals surface area (Å²) in [6, 6.07) is 6.30. The lowest BCUT2D eigenvalue weighted by Gasteiger charge is -2.09. The number of nitrogens with one attached hydrogen (secondary N) is 1. The van der Waals surface area contributed by atoms with Crippen molar-refractivity contribution in [1.29, 1.82) is 0 Å². The van der Waals surface area contributed by atoms with Crippen molar-refractivity contribution in [3.63, 3.8) is 0 Å². The van der Waals surface area contributed by atoms with Crippen molar-refractivity contribution in [2.24, 2.45) is 0 Å². The molecule has 1 aromatic heterocycles. The predicted molar refractivity (Wildman–Crippen MR) is 62.6 cm³/mol. The molecule has 0 aliphatic rings. The zero-order valence-electron chi connectivity index (χ0n) is 9.20. The first kappa shape index (κ1) is 11.3. The van der Waals surface area contributed by atoms with Crippen LogP contribution in [0, 0.1) is 12.7 Å². The van der Waals surface area contributed by atoms with Gasteiger partial charge in [0.15, 0.2) is 0 Å². The number of hydrogen-bond donors (Lipinski definition) is 2. The van der Waals surface area contributed by atoms with Gasteiger partial charge < -0.3 is 10.4 Å². The van der Waals surface area contributed by atoms with Gasteiger partial charge in [0.2, 0.25) is 0 Å². The fourth-order valence-electron chi connectivity index (χ4n) is 1.66. The summed E-state index contributed by atoms with van der Waals surface area (Å²) in [5.41, 5.74) is 1.46. The number of pyridine rings is 1. The molecule has 2 N–H and O–H groups in total. The van der Waals surface area contributed by atoms with Crippen LogP contribution in [0.25, 0.3) is 10.9 Å². The highest BCUT2D eigenvalue weighted by molar-refractivity contribution is 5.92. The zero-order valence-corrected chi connectivity index (χ0v) is 9.20. The number of hydrogen-bond acceptors (Lipinski definition) is 3. The Bertz CT molecular complexity index is 584. The Balaban J connectivity index is 2.54. The number of rotatable bonds is 3. The lowest BCUT2D eigenvalue weighted by Crippen LogP contribution is -2.12. The normalized spacial score (nSPS) is 10.5. The van der Waals surface area contributed by atoms with E-state index in [-0.39, 0.29) is 12.1 Å². The molecule has 0 spiro atoms. The Kier molecular flexibility index (Phi) is 2.91. The minimum absolute atomic E-state index is 0.213. The van der Waals surface area contributed by atoms with Crippen LogP contribution >= 0.6 is 0 Å². The molecule has 0 fully saturated rings. The highest BCUT2D eigenvalue weighted by Crippen LogP contribution is 2.24. The van der Waals surface area contributed by atoms with Gasteiger partial charge in [0.05, 0.1) is 0 Å². The topological polar surface area (TPSA) is 62.2 Å². The molecular formula is C12H11FN2O2. The van der Waals surface area contributed by atoms with E-state index < -0.39 is 11.8 Å². The third kappa shape index (κ3) is 2.33. The number of aryl methyl sites for hydroxylation is 1. The minimum atomic E-state index is -0.969. The van der Waals surface area contributed by atoms with Crippen LogP contribution in [-0.2, 0) is 4.79 Å². The molecule has 0 atom stereocenters. The van der Waals surface area contributed by atoms with E-state index in [1.807, 2.05) is 0 Å². The molecule has 0 amide bonds. The van der Waals surface area contributed by atoms with Gasteiger partial charge in [-0.1, -0.05) is 12.1 Å². The second-order valence-electron chi connectivity index (χ2n) is 3.69. The molecule has 0 bridgehead atoms. The Morgan fingerprint density at radius 3 is 3.00 bits per heavy atom. The molecular weight excluding hydrogens is 223 g/mol. The Morgan fingerprint density at radius 2 is 2.29 bits per heavy atom. The monoisotopic (exact) mass is 234 g/mol. The second-order valence-corrected chi connectivity index (χ2v) is 3.69. The van der Waals surface area contributed by atoms with Crippen LogP contribution in [0.5, 0.6) is 0 Å². The van der Waals surface area contributed by atoms with Crippen LogP contribution < -0.4 is 5.32 Å². The van der Waals surface area contributed by atoms with Gasteiger partial charge in [-0.3, -0.25) is 4.79 Å². The van der Waals surface area contributed by atoms with Gasteiger partial charge in [-0.25, -0.2) is 9.37 Å². The highest BCUT2D eigenvalue weighted by atomic mass is 19.1. The quantitative estimate of drug-likeness (QED) is 0.854. The summed E-state index contributed by atoms with van der Waals surface area (Å²) < 4.78 is 13.5. The Morgan fingerprint density at radius 1 is 1.53 bits per heavy atom. The maximum absolute atomic E-state index is 13.5. The van der Waals surface area contributed by atoms with Crippen LogP contribution in [0.4, 0.5) is 10.1 Å². The number of para-hydroxylation sites is 1. The fraction of sp³-hybridized carbons (Fsp3) is 0.167. The Hall–Kier alpha value is -2.17. The summed E-state index contributed by atoms with van der Waals surface area (Å²) in [4.78, 5) is 14.6. The number of carboxylic acid groups (broad SMARTS) is 1. The average molecular weight is 234 g/mol. The van der Waals surface area contributed by atoms with Crippen molar-refractivity contribution in [3.8, 4) is 0 Å². The average Bonchev–Trinajstić information content (AvgIpc) is 2.27. The number of benzene rings is 1. The smallest absolute Gasteiger partial charge is 0.322 e. The van der Waals surface area contributed by atoms with E-state index in [1.54, 1.807) is 25.1 Å². The summed E-state index contributed by atoms with van der Waals surface area (Å²) in [6.45, 7) is 1.52. The van der Waals surface area contributed by atoms with Gasteiger partial charge in [0, 0.05) is 16.8 Å². The molecule has 4 nitrogen and oxygen atoms in total. The van der Waals surface area contributed by atoms with E-state index >= 15 is 0 Å². The number of nitrogens with zero attached hydrogens (tertiary/aromatic N) is 1. The summed E-state index contributed by atoms with van der Waals surface area (Å²) in [6.07, 6.45) is 0. The molecule has 88 valence electrons. The van der Waals surface area contributed by atoms with Gasteiger partial charge in [-0.2, -0.15) is 0 Å². The molecule has 1 heterocycles. The van der Waals surface area contributed by atoms with Crippen LogP contribution in [0.15, 0.2) is 24.3 Å². The van der Waals surface area contributed by atoms with E-state index in [0.717, 1.165) is 0 Å². The predicted octanol–water partition coefficient (Wildman–Crippen LogP) is 2.18. The maximum Gasteiger partial charge on any atom is 0.322 e. The van der Waals surface area contributed by atoms with Crippen molar-refractivity contribution < 1.29 is 14.3 Å². The molecule has 0 unspecified atom stereocenters. The van der Waals surface area contributed by atoms with E-state index in [9.17, 15) is 9.18 Å². The summed E-state index contributed by atoms with van der Waals surface area (Å²) >= 11 is 0. The van der Waals surface area contributed by atoms with Crippen LogP contribution in [-0.4, -0.2) is 22.6 Å². The van der Waals surface area contributed by atoms with E-state index in [1.165, 1.54) is 6.07 Å². The lowest BCUT2D eigenvalue weighted by molar-refractivity contribution is -0.134. The first-order chi connectivity index (χ1) is 8.08. The van der Waals surface area contributed by atoms with Gasteiger partial charge in [0.1, 0.15) is 17.9 Å². The summed E-state index contributed by atoms with van der Waals surface area (Å²) in [5.74, 6) is -1.38. The first-order valence-corrected chi connectivity index (χ1v) is 5.09. The zero-order chi connectivity index (χ0) is 12.4. The molecule has 2 aromatic rings. The van der Waals surface area contributed by atoms with Crippen molar-refractivity contribution in [2.75, 3.05) is 11.9 Å². The molecule has 0 saturated carbocycles. The summed E-state index contributed by atoms with van der Waals surface area (Å²) in [5, 5.41) is 11.9. The molecule has 0 aliphatic heterocycles. The maximum atomic E-state index is 13.5. The third-order valence-corrected chi connectivity index (χ3v) is 2.35. The standard InChI is InChI=1S/C12H11FN2O2/c1-7-5-10(14-6-11(16)17)8-3-2-4-9(13)12(8)15-7/h2-5H,6H2,1H3,(H,14,15)(H,16,17). The third-order valence-electron chi connectivity index (χ3n) is 2.35. The largest absolute Gasteiger partial charge is 0.480 e. The highest BCUT2D eigenvalue weighted by Gasteiger charge is 2.08. The molecule has 1 aromatic carbocycles. The summed E-state index contributed by atoms with van der Waals surface area (Å²) in [7, 11) is 0. The number of fused-ring (bicyclic) bond motifs is 1. The molecule has 5 heteroatoms. The van der Waals surface area contributed by atoms with Gasteiger partial charge in [-0.05, 0) is 19.1 Å². The Labute approximate surface area is 97.1 Å². The second kappa shape index (κ2) is 4.37. The first-order valence-electron chi connectivity index (χ1n) is 5.09. The van der Waals surface area contributed by atoms with Crippen LogP contribution in [0.1, 0.15) is 5.69 Å². The van der Waals surface area contributed by atoms with Crippen molar-refractivity contribution >= 4 is 22.6 Å². The number of carbonyl (C=O) groups is 1. The van der Waals surface area contributed by atoms with Crippen molar-refractivity contribution in [1.82, 2.24) is 4.98 Å². The number of halogens is 1. The number of aromatic nitrogens is 1. The van der Waals surface area contributed by atoms with E-state index in [0.29, 0.717) is 16.8 Å². The molecule has 0 radical (unpaired) electrons. The van der Waals surface area contributed by atoms with Crippen LogP contribution in [0.2, 0.25) is 0 Å². The van der Waals surface area contributed by atoms with Crippen molar-refractivity contribution in [2.45, 2.75) is 6.92 Å². The fourth-order valence-corrected chi connectivity index (χ4v) is 1.66. The van der Waals surface area contributed by atoms with Crippen molar-refractivity contribution in [3.05, 3.63) is 35.8 Å². The van der Waals surface area contributed by atoms with Gasteiger partial charge >= 0.3 is 5.97 Å². The molecule has 0 aliphatic carbocycles. The SMILES string of the molecule is Cc1cc(NCC(=O)O)c2cccc(F)c2n1. The van der Waals surface area contributed by atoms with E-state index in [4.69, 9.17) is 5.11 Å². The molecule has 0 saturated heterocycles.